The van der Waals surface area contributed by atoms with Gasteiger partial charge in [-0.2, -0.15) is 0 Å². The fourth-order valence-corrected chi connectivity index (χ4v) is 4.25. The predicted molar refractivity (Wildman–Crippen MR) is 117 cm³/mol. The number of hydrogen-bond donors (Lipinski definition) is 0. The van der Waals surface area contributed by atoms with E-state index in [1.807, 2.05) is 12.1 Å². The number of methoxy groups -OCH3 is 2. The molecule has 1 saturated heterocycles. The van der Waals surface area contributed by atoms with Crippen molar-refractivity contribution in [3.8, 4) is 11.5 Å². The lowest BCUT2D eigenvalue weighted by Crippen LogP contribution is -2.46. The summed E-state index contributed by atoms with van der Waals surface area (Å²) in [5.41, 5.74) is 2.61. The van der Waals surface area contributed by atoms with E-state index in [-0.39, 0.29) is 0 Å². The van der Waals surface area contributed by atoms with Crippen molar-refractivity contribution in [1.29, 1.82) is 0 Å². The summed E-state index contributed by atoms with van der Waals surface area (Å²) in [5.74, 6) is 2.51. The SMILES string of the molecule is COc1ccc(CCN2CN(CCc3ccccc3)CSC2=S)cc1OC. The van der Waals surface area contributed by atoms with Crippen molar-refractivity contribution >= 4 is 28.3 Å². The molecule has 1 aliphatic heterocycles. The molecule has 0 bridgehead atoms. The van der Waals surface area contributed by atoms with Gasteiger partial charge < -0.3 is 14.4 Å². The number of thioether (sulfide) groups is 1. The smallest absolute Gasteiger partial charge is 0.160 e. The molecule has 0 aromatic heterocycles. The van der Waals surface area contributed by atoms with E-state index < -0.39 is 0 Å². The lowest BCUT2D eigenvalue weighted by molar-refractivity contribution is 0.215. The molecular formula is C21H26N2O2S2. The average Bonchev–Trinajstić information content (AvgIpc) is 2.72. The van der Waals surface area contributed by atoms with Gasteiger partial charge in [0.1, 0.15) is 4.32 Å². The van der Waals surface area contributed by atoms with Gasteiger partial charge in [0.25, 0.3) is 0 Å². The molecule has 0 N–H and O–H groups in total. The summed E-state index contributed by atoms with van der Waals surface area (Å²) in [7, 11) is 3.33. The van der Waals surface area contributed by atoms with Gasteiger partial charge in [-0.1, -0.05) is 60.4 Å². The summed E-state index contributed by atoms with van der Waals surface area (Å²) in [6.07, 6.45) is 1.99. The second-order valence-electron chi connectivity index (χ2n) is 6.51. The van der Waals surface area contributed by atoms with Crippen LogP contribution in [0.4, 0.5) is 0 Å². The van der Waals surface area contributed by atoms with Gasteiger partial charge in [-0.25, -0.2) is 0 Å². The summed E-state index contributed by atoms with van der Waals surface area (Å²) < 4.78 is 11.7. The van der Waals surface area contributed by atoms with Crippen molar-refractivity contribution in [1.82, 2.24) is 9.80 Å². The molecule has 3 rings (SSSR count). The van der Waals surface area contributed by atoms with E-state index in [9.17, 15) is 0 Å². The maximum atomic E-state index is 5.58. The minimum atomic E-state index is 0.761. The fraction of sp³-hybridized carbons (Fsp3) is 0.381. The van der Waals surface area contributed by atoms with Crippen molar-refractivity contribution in [3.63, 3.8) is 0 Å². The van der Waals surface area contributed by atoms with Crippen LogP contribution < -0.4 is 9.47 Å². The van der Waals surface area contributed by atoms with Crippen LogP contribution in [0.25, 0.3) is 0 Å². The second kappa shape index (κ2) is 9.97. The standard InChI is InChI=1S/C21H26N2O2S2/c1-24-19-9-8-18(14-20(19)25-2)11-13-23-15-22(16-27-21(23)26)12-10-17-6-4-3-5-7-17/h3-9,14H,10-13,15-16H2,1-2H3. The Morgan fingerprint density at radius 2 is 1.67 bits per heavy atom. The van der Waals surface area contributed by atoms with E-state index in [4.69, 9.17) is 21.7 Å². The highest BCUT2D eigenvalue weighted by Gasteiger charge is 2.21. The molecule has 0 spiro atoms. The first-order chi connectivity index (χ1) is 13.2. The molecule has 0 radical (unpaired) electrons. The highest BCUT2D eigenvalue weighted by molar-refractivity contribution is 8.22. The van der Waals surface area contributed by atoms with Crippen LogP contribution in [-0.2, 0) is 12.8 Å². The minimum Gasteiger partial charge on any atom is -0.493 e. The van der Waals surface area contributed by atoms with Crippen LogP contribution in [0.15, 0.2) is 48.5 Å². The van der Waals surface area contributed by atoms with Gasteiger partial charge in [0, 0.05) is 13.1 Å². The number of nitrogens with zero attached hydrogens (tertiary/aromatic N) is 2. The molecule has 0 unspecified atom stereocenters. The summed E-state index contributed by atoms with van der Waals surface area (Å²) in [6, 6.07) is 16.8. The topological polar surface area (TPSA) is 24.9 Å². The van der Waals surface area contributed by atoms with Crippen molar-refractivity contribution in [3.05, 3.63) is 59.7 Å². The third-order valence-electron chi connectivity index (χ3n) is 4.68. The third kappa shape index (κ3) is 5.61. The monoisotopic (exact) mass is 402 g/mol. The summed E-state index contributed by atoms with van der Waals surface area (Å²) in [4.78, 5) is 4.76. The maximum absolute atomic E-state index is 5.58. The van der Waals surface area contributed by atoms with Crippen molar-refractivity contribution < 1.29 is 9.47 Å². The molecule has 0 aliphatic carbocycles. The molecule has 1 fully saturated rings. The van der Waals surface area contributed by atoms with Gasteiger partial charge in [-0.3, -0.25) is 4.90 Å². The summed E-state index contributed by atoms with van der Waals surface area (Å²) in [5, 5.41) is 0. The maximum Gasteiger partial charge on any atom is 0.160 e. The molecule has 2 aromatic rings. The molecule has 144 valence electrons. The molecule has 1 aliphatic rings. The van der Waals surface area contributed by atoms with Crippen LogP contribution in [0.3, 0.4) is 0 Å². The van der Waals surface area contributed by atoms with E-state index in [1.54, 1.807) is 26.0 Å². The number of benzene rings is 2. The Labute approximate surface area is 171 Å². The van der Waals surface area contributed by atoms with E-state index in [2.05, 4.69) is 46.2 Å². The first kappa shape index (κ1) is 20.0. The largest absolute Gasteiger partial charge is 0.493 e. The molecule has 6 heteroatoms. The predicted octanol–water partition coefficient (Wildman–Crippen LogP) is 4.04. The van der Waals surface area contributed by atoms with Crippen molar-refractivity contribution in [2.75, 3.05) is 39.9 Å². The van der Waals surface area contributed by atoms with Crippen LogP contribution in [0, 0.1) is 0 Å². The van der Waals surface area contributed by atoms with Gasteiger partial charge in [-0.15, -0.1) is 0 Å². The molecule has 1 heterocycles. The molecule has 4 nitrogen and oxygen atoms in total. The van der Waals surface area contributed by atoms with Gasteiger partial charge in [0.05, 0.1) is 26.8 Å². The van der Waals surface area contributed by atoms with Crippen LogP contribution in [0.2, 0.25) is 0 Å². The molecule has 27 heavy (non-hydrogen) atoms. The third-order valence-corrected chi connectivity index (χ3v) is 6.29. The Kier molecular flexibility index (Phi) is 7.38. The number of thiocarbonyl (C=S) groups is 1. The lowest BCUT2D eigenvalue weighted by atomic mass is 10.1. The minimum absolute atomic E-state index is 0.761. The number of rotatable bonds is 8. The van der Waals surface area contributed by atoms with Crippen LogP contribution in [0.5, 0.6) is 11.5 Å². The molecule has 0 atom stereocenters. The number of hydrogen-bond acceptors (Lipinski definition) is 5. The zero-order chi connectivity index (χ0) is 19.1. The second-order valence-corrected chi connectivity index (χ2v) is 8.09. The first-order valence-electron chi connectivity index (χ1n) is 9.08. The quantitative estimate of drug-likeness (QED) is 0.618. The fourth-order valence-electron chi connectivity index (χ4n) is 3.11. The Balaban J connectivity index is 1.53. The Morgan fingerprint density at radius 1 is 0.926 bits per heavy atom. The lowest BCUT2D eigenvalue weighted by Gasteiger charge is -2.36. The molecule has 0 amide bonds. The first-order valence-corrected chi connectivity index (χ1v) is 10.5. The Hall–Kier alpha value is -1.76. The summed E-state index contributed by atoms with van der Waals surface area (Å²) >= 11 is 7.34. The van der Waals surface area contributed by atoms with E-state index >= 15 is 0 Å². The Morgan fingerprint density at radius 3 is 2.41 bits per heavy atom. The Bertz CT molecular complexity index is 755. The molecular weight excluding hydrogens is 376 g/mol. The van der Waals surface area contributed by atoms with E-state index in [0.717, 1.165) is 54.3 Å². The highest BCUT2D eigenvalue weighted by Crippen LogP contribution is 2.28. The van der Waals surface area contributed by atoms with Crippen LogP contribution >= 0.6 is 24.0 Å². The van der Waals surface area contributed by atoms with E-state index in [1.165, 1.54) is 11.1 Å². The summed E-state index contributed by atoms with van der Waals surface area (Å²) in [6.45, 7) is 2.85. The zero-order valence-corrected chi connectivity index (χ0v) is 17.5. The van der Waals surface area contributed by atoms with Crippen molar-refractivity contribution in [2.45, 2.75) is 12.8 Å². The van der Waals surface area contributed by atoms with Crippen LogP contribution in [0.1, 0.15) is 11.1 Å². The zero-order valence-electron chi connectivity index (χ0n) is 15.9. The van der Waals surface area contributed by atoms with Gasteiger partial charge in [0.15, 0.2) is 11.5 Å². The molecule has 0 saturated carbocycles. The normalized spacial score (nSPS) is 15.0. The van der Waals surface area contributed by atoms with Gasteiger partial charge in [-0.05, 0) is 36.1 Å². The molecule has 2 aromatic carbocycles. The van der Waals surface area contributed by atoms with Crippen LogP contribution in [-0.4, -0.2) is 54.0 Å². The highest BCUT2D eigenvalue weighted by atomic mass is 32.2. The van der Waals surface area contributed by atoms with Gasteiger partial charge >= 0.3 is 0 Å². The average molecular weight is 403 g/mol. The number of ether oxygens (including phenoxy) is 2. The van der Waals surface area contributed by atoms with E-state index in [0.29, 0.717) is 0 Å². The van der Waals surface area contributed by atoms with Gasteiger partial charge in [0.2, 0.25) is 0 Å². The van der Waals surface area contributed by atoms with Crippen molar-refractivity contribution in [2.24, 2.45) is 0 Å².